The molecule has 136 valence electrons. The van der Waals surface area contributed by atoms with Crippen LogP contribution < -0.4 is 0 Å². The van der Waals surface area contributed by atoms with E-state index in [0.717, 1.165) is 16.5 Å². The Hall–Kier alpha value is -2.77. The fourth-order valence-corrected chi connectivity index (χ4v) is 2.82. The van der Waals surface area contributed by atoms with E-state index < -0.39 is 6.23 Å². The zero-order valence-corrected chi connectivity index (χ0v) is 14.8. The first-order valence-corrected chi connectivity index (χ1v) is 8.39. The minimum absolute atomic E-state index is 0.299. The molecule has 1 amide bonds. The SMILES string of the molecule is CON=C(C)c1cccc(CCCON2C(=O)c3ccccc3C2O)n1. The normalized spacial score (nSPS) is 16.7. The van der Waals surface area contributed by atoms with E-state index in [1.54, 1.807) is 24.3 Å². The molecule has 1 atom stereocenters. The first kappa shape index (κ1) is 18.0. The lowest BCUT2D eigenvalue weighted by Gasteiger charge is -2.19. The van der Waals surface area contributed by atoms with E-state index >= 15 is 0 Å². The van der Waals surface area contributed by atoms with Crippen LogP contribution in [0.4, 0.5) is 0 Å². The molecular weight excluding hydrogens is 334 g/mol. The Morgan fingerprint density at radius 1 is 1.27 bits per heavy atom. The van der Waals surface area contributed by atoms with Gasteiger partial charge in [-0.25, -0.2) is 0 Å². The molecule has 0 spiro atoms. The van der Waals surface area contributed by atoms with Crippen molar-refractivity contribution in [1.29, 1.82) is 0 Å². The lowest BCUT2D eigenvalue weighted by molar-refractivity contribution is -0.198. The van der Waals surface area contributed by atoms with Gasteiger partial charge in [0.15, 0.2) is 6.23 Å². The molecule has 0 saturated carbocycles. The number of hydrogen-bond donors (Lipinski definition) is 1. The summed E-state index contributed by atoms with van der Waals surface area (Å²) in [5, 5.41) is 15.1. The monoisotopic (exact) mass is 355 g/mol. The third-order valence-corrected chi connectivity index (χ3v) is 4.10. The van der Waals surface area contributed by atoms with Gasteiger partial charge in [0.25, 0.3) is 5.91 Å². The minimum Gasteiger partial charge on any atom is -0.399 e. The zero-order chi connectivity index (χ0) is 18.5. The number of aliphatic hydroxyl groups is 1. The molecule has 0 aliphatic carbocycles. The molecule has 1 aliphatic rings. The molecule has 1 aliphatic heterocycles. The molecule has 2 heterocycles. The van der Waals surface area contributed by atoms with Crippen LogP contribution in [0.2, 0.25) is 0 Å². The molecule has 1 aromatic heterocycles. The second kappa shape index (κ2) is 8.07. The molecule has 3 rings (SSSR count). The summed E-state index contributed by atoms with van der Waals surface area (Å²) in [7, 11) is 1.50. The van der Waals surface area contributed by atoms with Gasteiger partial charge in [0.05, 0.1) is 12.3 Å². The molecule has 1 unspecified atom stereocenters. The lowest BCUT2D eigenvalue weighted by atomic mass is 10.1. The van der Waals surface area contributed by atoms with Crippen LogP contribution in [-0.2, 0) is 16.1 Å². The molecule has 0 bridgehead atoms. The van der Waals surface area contributed by atoms with Crippen molar-refractivity contribution in [2.24, 2.45) is 5.16 Å². The number of carbonyl (C=O) groups excluding carboxylic acids is 1. The Bertz CT molecular complexity index is 822. The number of aryl methyl sites for hydroxylation is 1. The summed E-state index contributed by atoms with van der Waals surface area (Å²) in [5.41, 5.74) is 3.40. The van der Waals surface area contributed by atoms with E-state index in [9.17, 15) is 9.90 Å². The van der Waals surface area contributed by atoms with Crippen LogP contribution in [0.25, 0.3) is 0 Å². The van der Waals surface area contributed by atoms with Crippen LogP contribution in [0.15, 0.2) is 47.6 Å². The van der Waals surface area contributed by atoms with E-state index in [2.05, 4.69) is 10.1 Å². The van der Waals surface area contributed by atoms with Gasteiger partial charge in [0, 0.05) is 16.8 Å². The van der Waals surface area contributed by atoms with E-state index in [0.29, 0.717) is 36.3 Å². The average Bonchev–Trinajstić information content (AvgIpc) is 2.90. The summed E-state index contributed by atoms with van der Waals surface area (Å²) in [5.74, 6) is -0.320. The average molecular weight is 355 g/mol. The summed E-state index contributed by atoms with van der Waals surface area (Å²) in [4.78, 5) is 27.1. The maximum absolute atomic E-state index is 12.3. The van der Waals surface area contributed by atoms with E-state index in [1.807, 2.05) is 25.1 Å². The number of pyridine rings is 1. The third kappa shape index (κ3) is 3.74. The van der Waals surface area contributed by atoms with E-state index in [1.165, 1.54) is 7.11 Å². The molecule has 0 fully saturated rings. The number of benzene rings is 1. The number of oxime groups is 1. The van der Waals surface area contributed by atoms with Crippen molar-refractivity contribution in [3.8, 4) is 0 Å². The molecule has 7 heteroatoms. The molecule has 0 saturated heterocycles. The number of aliphatic hydroxyl groups excluding tert-OH is 1. The molecule has 26 heavy (non-hydrogen) atoms. The fraction of sp³-hybridized carbons (Fsp3) is 0.316. The molecular formula is C19H21N3O4. The smallest absolute Gasteiger partial charge is 0.280 e. The maximum atomic E-state index is 12.3. The lowest BCUT2D eigenvalue weighted by Crippen LogP contribution is -2.28. The van der Waals surface area contributed by atoms with Gasteiger partial charge in [-0.1, -0.05) is 29.4 Å². The van der Waals surface area contributed by atoms with Crippen molar-refractivity contribution in [3.63, 3.8) is 0 Å². The van der Waals surface area contributed by atoms with Crippen molar-refractivity contribution in [2.45, 2.75) is 26.0 Å². The number of hydrogen-bond acceptors (Lipinski definition) is 6. The second-order valence-corrected chi connectivity index (χ2v) is 5.90. The van der Waals surface area contributed by atoms with Gasteiger partial charge in [0.2, 0.25) is 0 Å². The van der Waals surface area contributed by atoms with Crippen LogP contribution in [0, 0.1) is 0 Å². The number of fused-ring (bicyclic) bond motifs is 1. The molecule has 1 N–H and O–H groups in total. The first-order chi connectivity index (χ1) is 12.6. The predicted octanol–water partition coefficient (Wildman–Crippen LogP) is 2.46. The van der Waals surface area contributed by atoms with Crippen LogP contribution >= 0.6 is 0 Å². The summed E-state index contributed by atoms with van der Waals surface area (Å²) in [6, 6.07) is 12.7. The van der Waals surface area contributed by atoms with Crippen LogP contribution in [0.1, 0.15) is 46.9 Å². The van der Waals surface area contributed by atoms with E-state index in [4.69, 9.17) is 9.68 Å². The number of carbonyl (C=O) groups is 1. The third-order valence-electron chi connectivity index (χ3n) is 4.10. The highest BCUT2D eigenvalue weighted by molar-refractivity contribution is 5.98. The van der Waals surface area contributed by atoms with Gasteiger partial charge in [-0.2, -0.15) is 5.06 Å². The Kier molecular flexibility index (Phi) is 5.60. The van der Waals surface area contributed by atoms with Crippen molar-refractivity contribution in [3.05, 3.63) is 65.0 Å². The number of nitrogens with zero attached hydrogens (tertiary/aromatic N) is 3. The van der Waals surface area contributed by atoms with Crippen LogP contribution in [0.3, 0.4) is 0 Å². The first-order valence-electron chi connectivity index (χ1n) is 8.39. The zero-order valence-electron chi connectivity index (χ0n) is 14.8. The standard InChI is InChI=1S/C19H21N3O4/c1-13(21-25-2)17-11-5-7-14(20-17)8-6-12-26-22-18(23)15-9-3-4-10-16(15)19(22)24/h3-5,7,9-11,18,23H,6,8,12H2,1-2H3. The fourth-order valence-electron chi connectivity index (χ4n) is 2.82. The van der Waals surface area contributed by atoms with Gasteiger partial charge in [-0.15, -0.1) is 0 Å². The number of rotatable bonds is 7. The quantitative estimate of drug-likeness (QED) is 0.468. The van der Waals surface area contributed by atoms with Gasteiger partial charge in [-0.3, -0.25) is 14.6 Å². The Balaban J connectivity index is 1.53. The van der Waals surface area contributed by atoms with E-state index in [-0.39, 0.29) is 5.91 Å². The Morgan fingerprint density at radius 3 is 2.85 bits per heavy atom. The summed E-state index contributed by atoms with van der Waals surface area (Å²) in [6.45, 7) is 2.13. The summed E-state index contributed by atoms with van der Waals surface area (Å²) >= 11 is 0. The summed E-state index contributed by atoms with van der Waals surface area (Å²) < 4.78 is 0. The van der Waals surface area contributed by atoms with Crippen molar-refractivity contribution < 1.29 is 19.6 Å². The second-order valence-electron chi connectivity index (χ2n) is 5.90. The Morgan fingerprint density at radius 2 is 2.08 bits per heavy atom. The van der Waals surface area contributed by atoms with Gasteiger partial charge >= 0.3 is 0 Å². The Labute approximate surface area is 151 Å². The van der Waals surface area contributed by atoms with Crippen LogP contribution in [-0.4, -0.2) is 40.5 Å². The van der Waals surface area contributed by atoms with Crippen molar-refractivity contribution in [2.75, 3.05) is 13.7 Å². The molecule has 0 radical (unpaired) electrons. The largest absolute Gasteiger partial charge is 0.399 e. The molecule has 1 aromatic carbocycles. The predicted molar refractivity (Wildman–Crippen MR) is 95.3 cm³/mol. The molecule has 7 nitrogen and oxygen atoms in total. The number of aromatic nitrogens is 1. The topological polar surface area (TPSA) is 84.2 Å². The van der Waals surface area contributed by atoms with Crippen LogP contribution in [0.5, 0.6) is 0 Å². The van der Waals surface area contributed by atoms with Crippen molar-refractivity contribution in [1.82, 2.24) is 10.0 Å². The highest BCUT2D eigenvalue weighted by Crippen LogP contribution is 2.31. The highest BCUT2D eigenvalue weighted by atomic mass is 16.7. The molecule has 2 aromatic rings. The summed E-state index contributed by atoms with van der Waals surface area (Å²) in [6.07, 6.45) is 0.274. The van der Waals surface area contributed by atoms with Gasteiger partial charge in [-0.05, 0) is 38.0 Å². The van der Waals surface area contributed by atoms with Gasteiger partial charge in [0.1, 0.15) is 12.8 Å². The highest BCUT2D eigenvalue weighted by Gasteiger charge is 2.36. The number of hydroxylamine groups is 2. The minimum atomic E-state index is -1.06. The maximum Gasteiger partial charge on any atom is 0.280 e. The number of amides is 1. The van der Waals surface area contributed by atoms with Crippen molar-refractivity contribution >= 4 is 11.6 Å². The van der Waals surface area contributed by atoms with Gasteiger partial charge < -0.3 is 9.94 Å².